The van der Waals surface area contributed by atoms with E-state index < -0.39 is 10.2 Å². The quantitative estimate of drug-likeness (QED) is 0.529. The average Bonchev–Trinajstić information content (AvgIpc) is 3.08. The first-order chi connectivity index (χ1) is 15.2. The van der Waals surface area contributed by atoms with Crippen molar-refractivity contribution in [2.24, 2.45) is 4.99 Å². The summed E-state index contributed by atoms with van der Waals surface area (Å²) >= 11 is 7.40. The van der Waals surface area contributed by atoms with Crippen LogP contribution in [0.2, 0.25) is 5.02 Å². The fourth-order valence-corrected chi connectivity index (χ4v) is 4.43. The number of fused-ring (bicyclic) bond motifs is 1. The summed E-state index contributed by atoms with van der Waals surface area (Å²) in [5, 5.41) is 4.35. The van der Waals surface area contributed by atoms with E-state index in [9.17, 15) is 13.2 Å². The minimum Gasteiger partial charge on any atom is -0.300 e. The molecule has 1 aliphatic heterocycles. The van der Waals surface area contributed by atoms with Crippen molar-refractivity contribution in [1.82, 2.24) is 14.6 Å². The number of carbonyl (C=O) groups is 1. The Kier molecular flexibility index (Phi) is 6.20. The van der Waals surface area contributed by atoms with Gasteiger partial charge in [-0.2, -0.15) is 12.7 Å². The molecule has 8 nitrogen and oxygen atoms in total. The molecule has 0 aliphatic carbocycles. The first-order valence-corrected chi connectivity index (χ1v) is 12.0. The highest BCUT2D eigenvalue weighted by Gasteiger charge is 2.24. The molecule has 3 aromatic rings. The highest BCUT2D eigenvalue weighted by atomic mass is 35.5. The van der Waals surface area contributed by atoms with Gasteiger partial charge in [0.2, 0.25) is 0 Å². The van der Waals surface area contributed by atoms with Crippen molar-refractivity contribution >= 4 is 73.0 Å². The number of nitrogens with one attached hydrogen (secondary N) is 2. The molecule has 2 N–H and O–H groups in total. The van der Waals surface area contributed by atoms with Gasteiger partial charge in [-0.15, -0.1) is 0 Å². The summed E-state index contributed by atoms with van der Waals surface area (Å²) < 4.78 is 27.6. The van der Waals surface area contributed by atoms with E-state index in [1.165, 1.54) is 44.1 Å². The van der Waals surface area contributed by atoms with Crippen LogP contribution in [0.3, 0.4) is 0 Å². The number of hydrogen-bond donors (Lipinski definition) is 2. The Bertz CT molecular complexity index is 1390. The van der Waals surface area contributed by atoms with Crippen LogP contribution in [0.4, 0.5) is 11.4 Å². The summed E-state index contributed by atoms with van der Waals surface area (Å²) in [6, 6.07) is 14.1. The lowest BCUT2D eigenvalue weighted by Crippen LogP contribution is -2.28. The minimum absolute atomic E-state index is 0.277. The predicted molar refractivity (Wildman–Crippen MR) is 130 cm³/mol. The van der Waals surface area contributed by atoms with Crippen LogP contribution >= 0.6 is 23.4 Å². The lowest BCUT2D eigenvalue weighted by Gasteiger charge is -2.13. The van der Waals surface area contributed by atoms with Gasteiger partial charge in [-0.05, 0) is 59.8 Å². The maximum atomic E-state index is 12.4. The van der Waals surface area contributed by atoms with Crippen molar-refractivity contribution in [2.45, 2.75) is 0 Å². The number of carbonyl (C=O) groups excluding carboxylic acids is 1. The van der Waals surface area contributed by atoms with Crippen molar-refractivity contribution in [3.8, 4) is 0 Å². The van der Waals surface area contributed by atoms with Gasteiger partial charge in [-0.1, -0.05) is 23.7 Å². The van der Waals surface area contributed by atoms with E-state index in [4.69, 9.17) is 11.6 Å². The summed E-state index contributed by atoms with van der Waals surface area (Å²) in [7, 11) is -0.831. The van der Waals surface area contributed by atoms with Gasteiger partial charge < -0.3 is 5.32 Å². The van der Waals surface area contributed by atoms with Gasteiger partial charge >= 0.3 is 10.2 Å². The van der Waals surface area contributed by atoms with Crippen molar-refractivity contribution < 1.29 is 13.2 Å². The highest BCUT2D eigenvalue weighted by molar-refractivity contribution is 8.18. The van der Waals surface area contributed by atoms with Crippen LogP contribution in [0.15, 0.2) is 64.6 Å². The molecule has 1 fully saturated rings. The van der Waals surface area contributed by atoms with E-state index in [1.807, 2.05) is 30.3 Å². The predicted octanol–water partition coefficient (Wildman–Crippen LogP) is 4.00. The molecule has 0 bridgehead atoms. The topological polar surface area (TPSA) is 104 Å². The summed E-state index contributed by atoms with van der Waals surface area (Å²) in [5.41, 5.74) is 2.37. The lowest BCUT2D eigenvalue weighted by molar-refractivity contribution is -0.115. The summed E-state index contributed by atoms with van der Waals surface area (Å²) in [6.07, 6.45) is 3.51. The van der Waals surface area contributed by atoms with E-state index in [2.05, 4.69) is 20.0 Å². The van der Waals surface area contributed by atoms with Gasteiger partial charge in [-0.3, -0.25) is 14.5 Å². The molecule has 2 heterocycles. The van der Waals surface area contributed by atoms with E-state index >= 15 is 0 Å². The second-order valence-electron chi connectivity index (χ2n) is 6.99. The first kappa shape index (κ1) is 22.3. The molecular formula is C21H18ClN5O3S2. The molecule has 1 aromatic heterocycles. The Morgan fingerprint density at radius 2 is 2.00 bits per heavy atom. The average molecular weight is 488 g/mol. The first-order valence-electron chi connectivity index (χ1n) is 9.35. The third kappa shape index (κ3) is 4.94. The third-order valence-electron chi connectivity index (χ3n) is 4.47. The van der Waals surface area contributed by atoms with Crippen molar-refractivity contribution in [2.75, 3.05) is 18.8 Å². The third-order valence-corrected chi connectivity index (χ3v) is 7.16. The van der Waals surface area contributed by atoms with Crippen LogP contribution in [0.5, 0.6) is 0 Å². The Morgan fingerprint density at radius 3 is 2.78 bits per heavy atom. The number of halogens is 1. The van der Waals surface area contributed by atoms with Gasteiger partial charge in [0, 0.05) is 25.7 Å². The van der Waals surface area contributed by atoms with Gasteiger partial charge in [0.15, 0.2) is 5.17 Å². The van der Waals surface area contributed by atoms with Crippen molar-refractivity contribution in [3.05, 3.63) is 70.2 Å². The van der Waals surface area contributed by atoms with Crippen LogP contribution in [-0.2, 0) is 15.0 Å². The zero-order chi connectivity index (χ0) is 22.9. The van der Waals surface area contributed by atoms with Crippen molar-refractivity contribution in [3.63, 3.8) is 0 Å². The molecule has 1 saturated heterocycles. The van der Waals surface area contributed by atoms with Crippen LogP contribution in [0.1, 0.15) is 5.56 Å². The number of hydrogen-bond acceptors (Lipinski definition) is 6. The molecule has 1 aliphatic rings. The monoisotopic (exact) mass is 487 g/mol. The molecule has 4 rings (SSSR count). The second-order valence-corrected chi connectivity index (χ2v) is 10.3. The Balaban J connectivity index is 1.59. The van der Waals surface area contributed by atoms with E-state index in [1.54, 1.807) is 12.3 Å². The second kappa shape index (κ2) is 8.91. The number of amidine groups is 1. The van der Waals surface area contributed by atoms with E-state index in [-0.39, 0.29) is 5.91 Å². The number of thioether (sulfide) groups is 1. The smallest absolute Gasteiger partial charge is 0.300 e. The maximum absolute atomic E-state index is 12.4. The number of rotatable bonds is 5. The maximum Gasteiger partial charge on any atom is 0.301 e. The molecule has 32 heavy (non-hydrogen) atoms. The van der Waals surface area contributed by atoms with Gasteiger partial charge in [-0.25, -0.2) is 4.99 Å². The molecule has 2 aromatic carbocycles. The number of anilines is 1. The number of aliphatic imine (C=N–C) groups is 1. The van der Waals surface area contributed by atoms with E-state index in [0.717, 1.165) is 20.8 Å². The van der Waals surface area contributed by atoms with E-state index in [0.29, 0.717) is 26.5 Å². The van der Waals surface area contributed by atoms with Crippen LogP contribution < -0.4 is 10.0 Å². The molecule has 1 amide bonds. The molecule has 0 unspecified atom stereocenters. The van der Waals surface area contributed by atoms with Crippen molar-refractivity contribution in [1.29, 1.82) is 0 Å². The molecule has 0 atom stereocenters. The van der Waals surface area contributed by atoms with Gasteiger partial charge in [0.25, 0.3) is 5.91 Å². The van der Waals surface area contributed by atoms with Gasteiger partial charge in [0.05, 0.1) is 26.8 Å². The SMILES string of the molecule is CN(C)S(=O)(=O)Nc1ccc(Cl)c(N=C2NC(=O)C(=Cc3ccc4ncccc4c3)S2)c1. The number of benzene rings is 2. The lowest BCUT2D eigenvalue weighted by atomic mass is 10.1. The number of nitrogens with zero attached hydrogens (tertiary/aromatic N) is 3. The zero-order valence-electron chi connectivity index (χ0n) is 17.0. The Morgan fingerprint density at radius 1 is 1.19 bits per heavy atom. The molecule has 0 saturated carbocycles. The zero-order valence-corrected chi connectivity index (χ0v) is 19.4. The number of pyridine rings is 1. The minimum atomic E-state index is -3.67. The fourth-order valence-electron chi connectivity index (χ4n) is 2.83. The fraction of sp³-hybridized carbons (Fsp3) is 0.0952. The standard InChI is InChI=1S/C21H18ClN5O3S2/c1-27(2)32(29,30)26-15-6-7-16(22)18(12-15)24-21-25-20(28)19(31-21)11-13-5-8-17-14(10-13)4-3-9-23-17/h3-12,26H,1-2H3,(H,24,25,28). The molecule has 164 valence electrons. The highest BCUT2D eigenvalue weighted by Crippen LogP contribution is 2.33. The molecule has 0 radical (unpaired) electrons. The molecule has 0 spiro atoms. The normalized spacial score (nSPS) is 16.8. The van der Waals surface area contributed by atoms with Crippen LogP contribution in [0.25, 0.3) is 17.0 Å². The molecule has 11 heteroatoms. The summed E-state index contributed by atoms with van der Waals surface area (Å²) in [6.45, 7) is 0. The van der Waals surface area contributed by atoms with Crippen LogP contribution in [0, 0.1) is 0 Å². The number of aromatic nitrogens is 1. The van der Waals surface area contributed by atoms with Crippen LogP contribution in [-0.4, -0.2) is 42.9 Å². The Hall–Kier alpha value is -2.92. The largest absolute Gasteiger partial charge is 0.301 e. The number of amides is 1. The molecular weight excluding hydrogens is 470 g/mol. The Labute approximate surface area is 194 Å². The summed E-state index contributed by atoms with van der Waals surface area (Å²) in [5.74, 6) is -0.277. The summed E-state index contributed by atoms with van der Waals surface area (Å²) in [4.78, 5) is 21.6. The van der Waals surface area contributed by atoms with Gasteiger partial charge in [0.1, 0.15) is 0 Å².